The fraction of sp³-hybridized carbons (Fsp3) is 0.286. The minimum absolute atomic E-state index is 0.00708. The van der Waals surface area contributed by atoms with Crippen molar-refractivity contribution in [2.24, 2.45) is 0 Å². The molecule has 0 fully saturated rings. The molecule has 0 aliphatic heterocycles. The molecule has 1 aromatic carbocycles. The van der Waals surface area contributed by atoms with Crippen LogP contribution in [-0.4, -0.2) is 21.2 Å². The minimum Gasteiger partial charge on any atom is -0.385 e. The van der Waals surface area contributed by atoms with Gasteiger partial charge in [0.25, 0.3) is 11.2 Å². The van der Waals surface area contributed by atoms with Crippen LogP contribution in [0.15, 0.2) is 35.1 Å². The highest BCUT2D eigenvalue weighted by molar-refractivity contribution is 5.56. The smallest absolute Gasteiger partial charge is 0.269 e. The fourth-order valence-electron chi connectivity index (χ4n) is 2.01. The molecule has 1 heterocycles. The summed E-state index contributed by atoms with van der Waals surface area (Å²) >= 11 is 0. The van der Waals surface area contributed by atoms with Crippen molar-refractivity contribution in [1.29, 1.82) is 0 Å². The van der Waals surface area contributed by atoms with Crippen LogP contribution in [0.2, 0.25) is 0 Å². The Morgan fingerprint density at radius 1 is 1.33 bits per heavy atom. The summed E-state index contributed by atoms with van der Waals surface area (Å²) in [6.07, 6.45) is 0. The van der Waals surface area contributed by atoms with E-state index in [1.54, 1.807) is 19.1 Å². The zero-order valence-corrected chi connectivity index (χ0v) is 11.9. The van der Waals surface area contributed by atoms with E-state index in [1.807, 2.05) is 6.92 Å². The number of aromatic nitrogens is 2. The van der Waals surface area contributed by atoms with Crippen LogP contribution in [0.5, 0.6) is 0 Å². The lowest BCUT2D eigenvalue weighted by molar-refractivity contribution is -0.384. The molecule has 0 aliphatic carbocycles. The molecule has 0 saturated carbocycles. The van der Waals surface area contributed by atoms with Crippen LogP contribution in [0.4, 0.5) is 11.4 Å². The predicted octanol–water partition coefficient (Wildman–Crippen LogP) is 1.94. The Balaban J connectivity index is 2.45. The van der Waals surface area contributed by atoms with Gasteiger partial charge in [-0.2, -0.15) is 5.10 Å². The molecule has 7 nitrogen and oxygen atoms in total. The van der Waals surface area contributed by atoms with E-state index in [2.05, 4.69) is 10.4 Å². The van der Waals surface area contributed by atoms with Crippen LogP contribution in [0.25, 0.3) is 0 Å². The van der Waals surface area contributed by atoms with Crippen molar-refractivity contribution < 1.29 is 4.92 Å². The number of aryl methyl sites for hydroxylation is 1. The van der Waals surface area contributed by atoms with Crippen LogP contribution >= 0.6 is 0 Å². The van der Waals surface area contributed by atoms with Crippen molar-refractivity contribution in [3.05, 3.63) is 62.1 Å². The number of hydrogen-bond donors (Lipinski definition) is 1. The lowest BCUT2D eigenvalue weighted by atomic mass is 10.1. The zero-order chi connectivity index (χ0) is 15.4. The quantitative estimate of drug-likeness (QED) is 0.670. The van der Waals surface area contributed by atoms with Crippen LogP contribution in [0.1, 0.15) is 18.2 Å². The maximum absolute atomic E-state index is 11.8. The monoisotopic (exact) mass is 288 g/mol. The first-order valence-electron chi connectivity index (χ1n) is 6.57. The molecule has 2 rings (SSSR count). The molecule has 1 aromatic heterocycles. The van der Waals surface area contributed by atoms with Gasteiger partial charge < -0.3 is 5.32 Å². The van der Waals surface area contributed by atoms with E-state index >= 15 is 0 Å². The van der Waals surface area contributed by atoms with Gasteiger partial charge in [0.05, 0.1) is 17.2 Å². The molecule has 0 radical (unpaired) electrons. The molecule has 0 saturated heterocycles. The fourth-order valence-corrected chi connectivity index (χ4v) is 2.01. The molecule has 0 spiro atoms. The third-order valence-corrected chi connectivity index (χ3v) is 2.99. The van der Waals surface area contributed by atoms with Gasteiger partial charge in [-0.25, -0.2) is 4.68 Å². The molecule has 0 aliphatic rings. The van der Waals surface area contributed by atoms with Gasteiger partial charge in [-0.1, -0.05) is 0 Å². The number of anilines is 1. The molecule has 110 valence electrons. The van der Waals surface area contributed by atoms with Gasteiger partial charge in [-0.15, -0.1) is 0 Å². The van der Waals surface area contributed by atoms with Gasteiger partial charge in [0.15, 0.2) is 0 Å². The molecule has 0 atom stereocenters. The van der Waals surface area contributed by atoms with E-state index in [0.29, 0.717) is 17.8 Å². The molecule has 2 aromatic rings. The summed E-state index contributed by atoms with van der Waals surface area (Å²) in [4.78, 5) is 22.3. The number of nitro benzene ring substituents is 1. The van der Waals surface area contributed by atoms with Gasteiger partial charge in [-0.05, 0) is 26.0 Å². The number of non-ortho nitro benzene ring substituents is 1. The van der Waals surface area contributed by atoms with E-state index < -0.39 is 4.92 Å². The molecular weight excluding hydrogens is 272 g/mol. The van der Waals surface area contributed by atoms with Crippen molar-refractivity contribution in [1.82, 2.24) is 9.78 Å². The number of nitrogens with zero attached hydrogens (tertiary/aromatic N) is 3. The van der Waals surface area contributed by atoms with E-state index in [9.17, 15) is 14.9 Å². The maximum Gasteiger partial charge on any atom is 0.269 e. The van der Waals surface area contributed by atoms with Crippen molar-refractivity contribution in [3.8, 4) is 0 Å². The molecule has 0 bridgehead atoms. The van der Waals surface area contributed by atoms with Gasteiger partial charge in [-0.3, -0.25) is 14.9 Å². The second-order valence-electron chi connectivity index (χ2n) is 4.60. The second kappa shape index (κ2) is 6.17. The summed E-state index contributed by atoms with van der Waals surface area (Å²) in [5.41, 5.74) is 1.89. The first-order valence-corrected chi connectivity index (χ1v) is 6.57. The number of hydrogen-bond acceptors (Lipinski definition) is 5. The normalized spacial score (nSPS) is 10.4. The highest BCUT2D eigenvalue weighted by Crippen LogP contribution is 2.22. The Kier molecular flexibility index (Phi) is 4.32. The van der Waals surface area contributed by atoms with E-state index in [0.717, 1.165) is 5.69 Å². The van der Waals surface area contributed by atoms with E-state index in [4.69, 9.17) is 0 Å². The molecular formula is C14H16N4O3. The number of benzene rings is 1. The Morgan fingerprint density at radius 2 is 2.10 bits per heavy atom. The lowest BCUT2D eigenvalue weighted by Crippen LogP contribution is -2.23. The van der Waals surface area contributed by atoms with Gasteiger partial charge in [0, 0.05) is 36.0 Å². The van der Waals surface area contributed by atoms with Gasteiger partial charge >= 0.3 is 0 Å². The standard InChI is InChI=1S/C14H16N4O3/c1-3-15-13-6-5-12(18(20)21)8-11(13)9-17-14(19)7-4-10(2)16-17/h4-8,15H,3,9H2,1-2H3. The predicted molar refractivity (Wildman–Crippen MR) is 79.6 cm³/mol. The summed E-state index contributed by atoms with van der Waals surface area (Å²) in [5.74, 6) is 0. The first-order chi connectivity index (χ1) is 10.0. The highest BCUT2D eigenvalue weighted by atomic mass is 16.6. The van der Waals surface area contributed by atoms with Gasteiger partial charge in [0.1, 0.15) is 0 Å². The molecule has 0 unspecified atom stereocenters. The first kappa shape index (κ1) is 14.7. The Bertz CT molecular complexity index is 724. The molecule has 21 heavy (non-hydrogen) atoms. The third kappa shape index (κ3) is 3.44. The largest absolute Gasteiger partial charge is 0.385 e. The summed E-state index contributed by atoms with van der Waals surface area (Å²) < 4.78 is 1.30. The van der Waals surface area contributed by atoms with Crippen molar-refractivity contribution in [2.75, 3.05) is 11.9 Å². The Hall–Kier alpha value is -2.70. The topological polar surface area (TPSA) is 90.1 Å². The summed E-state index contributed by atoms with van der Waals surface area (Å²) in [6, 6.07) is 7.63. The van der Waals surface area contributed by atoms with Crippen LogP contribution < -0.4 is 10.9 Å². The van der Waals surface area contributed by atoms with E-state index in [1.165, 1.54) is 22.9 Å². The maximum atomic E-state index is 11.8. The van der Waals surface area contributed by atoms with Crippen molar-refractivity contribution in [3.63, 3.8) is 0 Å². The zero-order valence-electron chi connectivity index (χ0n) is 11.9. The van der Waals surface area contributed by atoms with Crippen molar-refractivity contribution in [2.45, 2.75) is 20.4 Å². The SMILES string of the molecule is CCNc1ccc([N+](=O)[O-])cc1Cn1nc(C)ccc1=O. The molecule has 0 amide bonds. The summed E-state index contributed by atoms with van der Waals surface area (Å²) in [7, 11) is 0. The number of nitrogens with one attached hydrogen (secondary N) is 1. The third-order valence-electron chi connectivity index (χ3n) is 2.99. The summed E-state index contributed by atoms with van der Waals surface area (Å²) in [5, 5.41) is 18.2. The highest BCUT2D eigenvalue weighted by Gasteiger charge is 2.12. The Morgan fingerprint density at radius 3 is 2.76 bits per heavy atom. The number of nitro groups is 1. The molecule has 1 N–H and O–H groups in total. The Labute approximate surface area is 121 Å². The van der Waals surface area contributed by atoms with Gasteiger partial charge in [0.2, 0.25) is 0 Å². The van der Waals surface area contributed by atoms with Crippen LogP contribution in [0, 0.1) is 17.0 Å². The van der Waals surface area contributed by atoms with E-state index in [-0.39, 0.29) is 17.8 Å². The average molecular weight is 288 g/mol. The number of rotatable bonds is 5. The lowest BCUT2D eigenvalue weighted by Gasteiger charge is -2.11. The summed E-state index contributed by atoms with van der Waals surface area (Å²) in [6.45, 7) is 4.59. The average Bonchev–Trinajstić information content (AvgIpc) is 2.44. The van der Waals surface area contributed by atoms with Crippen molar-refractivity contribution >= 4 is 11.4 Å². The van der Waals surface area contributed by atoms with Crippen LogP contribution in [0.3, 0.4) is 0 Å². The second-order valence-corrected chi connectivity index (χ2v) is 4.60. The minimum atomic E-state index is -0.453. The van der Waals surface area contributed by atoms with Crippen LogP contribution in [-0.2, 0) is 6.54 Å². The molecule has 7 heteroatoms.